The fourth-order valence-corrected chi connectivity index (χ4v) is 23.1. The van der Waals surface area contributed by atoms with Crippen molar-refractivity contribution in [1.82, 2.24) is 9.80 Å². The zero-order valence-electron chi connectivity index (χ0n) is 48.7. The number of para-hydroxylation sites is 1. The normalized spacial score (nSPS) is 49.6. The van der Waals surface area contributed by atoms with Gasteiger partial charge < -0.3 is 64.1 Å². The third-order valence-electron chi connectivity index (χ3n) is 25.2. The van der Waals surface area contributed by atoms with Crippen LogP contribution < -0.4 is 5.73 Å². The number of likely N-dealkylation sites (N-methyl/N-ethyl adjacent to an activating group) is 2. The Labute approximate surface area is 475 Å². The Hall–Kier alpha value is -3.63. The van der Waals surface area contributed by atoms with Gasteiger partial charge in [-0.05, 0) is 95.1 Å². The Morgan fingerprint density at radius 1 is 0.580 bits per heavy atom. The van der Waals surface area contributed by atoms with E-state index in [9.17, 15) is 34.8 Å². The largest absolute Gasteiger partial charge is 0.454 e. The van der Waals surface area contributed by atoms with E-state index in [1.54, 1.807) is 73.0 Å². The van der Waals surface area contributed by atoms with Gasteiger partial charge in [-0.1, -0.05) is 44.2 Å². The Balaban J connectivity index is 0.000000153. The van der Waals surface area contributed by atoms with Gasteiger partial charge in [0.15, 0.2) is 0 Å². The Morgan fingerprint density at radius 2 is 1.01 bits per heavy atom. The number of carbonyl (C=O) groups is 3. The van der Waals surface area contributed by atoms with Crippen LogP contribution in [0.4, 0.5) is 5.69 Å². The molecule has 18 nitrogen and oxygen atoms in total. The van der Waals surface area contributed by atoms with Crippen LogP contribution in [0.2, 0.25) is 0 Å². The number of aliphatic hydroxyl groups is 4. The summed E-state index contributed by atoms with van der Waals surface area (Å²) in [5.41, 5.74) is -0.308. The van der Waals surface area contributed by atoms with Crippen molar-refractivity contribution in [3.05, 3.63) is 65.2 Å². The lowest BCUT2D eigenvalue weighted by Gasteiger charge is -2.70. The maximum atomic E-state index is 14.1. The van der Waals surface area contributed by atoms with Crippen LogP contribution in [0.25, 0.3) is 0 Å². The number of carbonyl (C=O) groups excluding carboxylic acids is 3. The predicted octanol–water partition coefficient (Wildman–Crippen LogP) is 4.24. The van der Waals surface area contributed by atoms with E-state index in [-0.39, 0.29) is 96.0 Å². The molecule has 2 saturated heterocycles. The summed E-state index contributed by atoms with van der Waals surface area (Å²) in [6.07, 6.45) is 4.34. The molecule has 12 fully saturated rings. The summed E-state index contributed by atoms with van der Waals surface area (Å²) in [6.45, 7) is 8.41. The molecule has 10 aliphatic carbocycles. The number of methoxy groups -OCH3 is 6. The minimum absolute atomic E-state index is 0.00601. The summed E-state index contributed by atoms with van der Waals surface area (Å²) in [4.78, 5) is 44.6. The number of anilines is 1. The summed E-state index contributed by atoms with van der Waals surface area (Å²) in [5, 5.41) is 51.2. The quantitative estimate of drug-likeness (QED) is 0.131. The molecule has 0 radical (unpaired) electrons. The highest BCUT2D eigenvalue weighted by molar-refractivity contribution is 5.95. The number of fused-ring (bicyclic) bond motifs is 4. The van der Waals surface area contributed by atoms with E-state index >= 15 is 0 Å². The average molecular weight is 1130 g/mol. The van der Waals surface area contributed by atoms with E-state index in [0.717, 1.165) is 13.1 Å². The average Bonchev–Trinajstić information content (AvgIpc) is 2.25. The Kier molecular flexibility index (Phi) is 13.4. The Morgan fingerprint density at radius 3 is 1.42 bits per heavy atom. The van der Waals surface area contributed by atoms with Crippen molar-refractivity contribution in [2.75, 3.05) is 74.6 Å². The number of esters is 2. The molecule has 2 aliphatic heterocycles. The van der Waals surface area contributed by atoms with E-state index in [4.69, 9.17) is 43.6 Å². The number of hydrogen-bond donors (Lipinski definition) is 5. The van der Waals surface area contributed by atoms with Crippen molar-refractivity contribution in [2.45, 2.75) is 174 Å². The molecule has 0 aromatic heterocycles. The van der Waals surface area contributed by atoms with Crippen molar-refractivity contribution in [3.63, 3.8) is 0 Å². The Bertz CT molecular complexity index is 2840. The third kappa shape index (κ3) is 6.74. The highest BCUT2D eigenvalue weighted by Crippen LogP contribution is 2.81. The lowest BCUT2D eigenvalue weighted by Crippen LogP contribution is -2.83. The second-order valence-corrected chi connectivity index (χ2v) is 27.0. The molecule has 6 N–H and O–H groups in total. The summed E-state index contributed by atoms with van der Waals surface area (Å²) < 4.78 is 50.1. The van der Waals surface area contributed by atoms with Gasteiger partial charge >= 0.3 is 11.9 Å². The lowest BCUT2D eigenvalue weighted by atomic mass is 9.44. The van der Waals surface area contributed by atoms with Crippen molar-refractivity contribution in [3.8, 4) is 0 Å². The molecular weight excluding hydrogens is 1040 g/mol. The number of piperidine rings is 2. The summed E-state index contributed by atoms with van der Waals surface area (Å²) in [5.74, 6) is -2.23. The number of rotatable bonds is 14. The molecule has 2 aromatic carbocycles. The van der Waals surface area contributed by atoms with Gasteiger partial charge in [-0.2, -0.15) is 0 Å². The van der Waals surface area contributed by atoms with Gasteiger partial charge in [-0.15, -0.1) is 0 Å². The smallest absolute Gasteiger partial charge is 0.340 e. The topological polar surface area (TPSA) is 238 Å². The fourth-order valence-electron chi connectivity index (χ4n) is 23.1. The standard InChI is InChI=1S/C33H45NO8.C30H42N2O7/c1-6-34-17-30(42-29(36)20-10-8-7-9-19(20)13-18(2)35)12-11-26(40-4)32-24(30)15-22(27(32)34)31(37)16-23(39-3)21-14-25(32)33(31,38)28(21)41-5;1-5-32-15-27(39-26(33)16-8-6-7-9-19(16)31)11-10-23(37-3)29-21(27)13-18(24(29)32)28(34)14-20(36-2)17-12-22(29)30(28,35)25(17)38-4/h7-10,21-28,37-38H,6,11-17H2,1-5H3;6-9,17-18,20-25,34-35H,5,10-15,31H2,1-4H3/t21-,22?,23+,24?,25?,26+,27-,28+,30-,31+,32+,33+;17-,18?,20+,21?,22?,23+,24-,25+,27-,28+,29+,30+/m11/s1. The van der Waals surface area contributed by atoms with Crippen LogP contribution >= 0.6 is 0 Å². The van der Waals surface area contributed by atoms with Crippen LogP contribution in [-0.4, -0.2) is 199 Å². The van der Waals surface area contributed by atoms with E-state index in [0.29, 0.717) is 99.7 Å². The molecule has 6 unspecified atom stereocenters. The maximum absolute atomic E-state index is 14.1. The monoisotopic (exact) mass is 1130 g/mol. The minimum atomic E-state index is -1.47. The molecule has 14 rings (SSSR count). The van der Waals surface area contributed by atoms with E-state index < -0.39 is 68.6 Å². The molecule has 10 saturated carbocycles. The van der Waals surface area contributed by atoms with Gasteiger partial charge in [-0.3, -0.25) is 14.6 Å². The van der Waals surface area contributed by atoms with Gasteiger partial charge in [0.05, 0.1) is 47.8 Å². The van der Waals surface area contributed by atoms with Gasteiger partial charge in [0.25, 0.3) is 0 Å². The van der Waals surface area contributed by atoms with Crippen molar-refractivity contribution in [2.24, 2.45) is 58.2 Å². The van der Waals surface area contributed by atoms with Crippen LogP contribution in [0.1, 0.15) is 111 Å². The first-order valence-corrected chi connectivity index (χ1v) is 30.2. The summed E-state index contributed by atoms with van der Waals surface area (Å²) in [6, 6.07) is 14.2. The molecule has 81 heavy (non-hydrogen) atoms. The first-order chi connectivity index (χ1) is 38.7. The van der Waals surface area contributed by atoms with Crippen LogP contribution in [0.5, 0.6) is 0 Å². The number of nitrogens with zero attached hydrogens (tertiary/aromatic N) is 2. The number of benzene rings is 2. The van der Waals surface area contributed by atoms with Gasteiger partial charge in [0.1, 0.15) is 39.4 Å². The molecule has 14 bridgehead atoms. The first kappa shape index (κ1) is 56.5. The van der Waals surface area contributed by atoms with E-state index in [1.807, 2.05) is 18.2 Å². The molecule has 2 aromatic rings. The van der Waals surface area contributed by atoms with E-state index in [1.165, 1.54) is 6.92 Å². The molecule has 18 heteroatoms. The number of hydrogen-bond acceptors (Lipinski definition) is 18. The number of Topliss-reactive ketones (excluding diaryl/α,β-unsaturated/α-hetero) is 1. The number of nitrogen functional groups attached to an aromatic ring is 1. The summed E-state index contributed by atoms with van der Waals surface area (Å²) in [7, 11) is 10.2. The number of ether oxygens (including phenoxy) is 8. The van der Waals surface area contributed by atoms with Gasteiger partial charge in [-0.25, -0.2) is 9.59 Å². The zero-order valence-corrected chi connectivity index (χ0v) is 48.7. The fraction of sp³-hybridized carbons (Fsp3) is 0.762. The van der Waals surface area contributed by atoms with Crippen LogP contribution in [0.15, 0.2) is 48.5 Å². The lowest BCUT2D eigenvalue weighted by molar-refractivity contribution is -0.337. The highest BCUT2D eigenvalue weighted by atomic mass is 16.6. The van der Waals surface area contributed by atoms with Crippen LogP contribution in [-0.2, 0) is 49.1 Å². The molecule has 2 spiro atoms. The van der Waals surface area contributed by atoms with E-state index in [2.05, 4.69) is 23.6 Å². The highest BCUT2D eigenvalue weighted by Gasteiger charge is 2.91. The first-order valence-electron chi connectivity index (χ1n) is 30.2. The maximum Gasteiger partial charge on any atom is 0.340 e. The van der Waals surface area contributed by atoms with Gasteiger partial charge in [0, 0.05) is 151 Å². The number of ketones is 1. The molecule has 12 aliphatic rings. The molecule has 24 atom stereocenters. The van der Waals surface area contributed by atoms with Crippen molar-refractivity contribution < 1.29 is 72.7 Å². The second kappa shape index (κ2) is 19.2. The van der Waals surface area contributed by atoms with Crippen LogP contribution in [0, 0.1) is 58.2 Å². The van der Waals surface area contributed by atoms with Gasteiger partial charge in [0.2, 0.25) is 0 Å². The molecular formula is C63H87N3O15. The number of likely N-dealkylation sites (tertiary alicyclic amines) is 2. The molecule has 0 amide bonds. The minimum Gasteiger partial charge on any atom is -0.454 e. The zero-order chi connectivity index (χ0) is 57.4. The van der Waals surface area contributed by atoms with Crippen molar-refractivity contribution in [1.29, 1.82) is 0 Å². The van der Waals surface area contributed by atoms with Crippen molar-refractivity contribution >= 4 is 23.4 Å². The molecule has 444 valence electrons. The predicted molar refractivity (Wildman–Crippen MR) is 294 cm³/mol. The third-order valence-corrected chi connectivity index (χ3v) is 25.2. The van der Waals surface area contributed by atoms with Crippen LogP contribution in [0.3, 0.4) is 0 Å². The second-order valence-electron chi connectivity index (χ2n) is 27.0. The summed E-state index contributed by atoms with van der Waals surface area (Å²) >= 11 is 0. The number of nitrogens with two attached hydrogens (primary N) is 1. The SMILES string of the molecule is CCN1C[C@]2(OC(=O)c3ccccc3CC(C)=O)CC[C@H](OC)[C@@]34C2CC([C@@H]13)[C@@]1(O)C[C@H](OC)[C@H]2CC4[C@]1(O)[C@H]2OC.CCN1C[C@]2(OC(=O)c3ccccc3N)CC[C@H](OC)[C@@]34C2CC([C@@H]13)[C@@]1(O)C[C@H](OC)[C@H]2CC4[C@]1(O)[C@H]2OC. The molecule has 2 heterocycles.